The Morgan fingerprint density at radius 2 is 1.70 bits per heavy atom. The molecule has 0 atom stereocenters. The Bertz CT molecular complexity index is 1230. The van der Waals surface area contributed by atoms with Crippen LogP contribution in [-0.2, 0) is 14.8 Å². The number of ether oxygens (including phenoxy) is 2. The molecule has 0 aliphatic heterocycles. The van der Waals surface area contributed by atoms with E-state index in [1.807, 2.05) is 18.2 Å². The van der Waals surface area contributed by atoms with Crippen molar-refractivity contribution >= 4 is 27.8 Å². The van der Waals surface area contributed by atoms with Gasteiger partial charge in [0.15, 0.2) is 11.5 Å². The van der Waals surface area contributed by atoms with Crippen LogP contribution in [0.3, 0.4) is 0 Å². The van der Waals surface area contributed by atoms with Gasteiger partial charge in [0, 0.05) is 5.56 Å². The van der Waals surface area contributed by atoms with Crippen LogP contribution in [-0.4, -0.2) is 45.6 Å². The number of amides is 1. The van der Waals surface area contributed by atoms with E-state index in [1.54, 1.807) is 54.6 Å². The van der Waals surface area contributed by atoms with Crippen LogP contribution in [0.5, 0.6) is 23.0 Å². The zero-order valence-corrected chi connectivity index (χ0v) is 18.8. The minimum atomic E-state index is -3.75. The SMILES string of the molecule is COc1cccc(/C=N\NC(=O)CN(c2ccc(Oc3ccccc3)cc2)S(C)(=O)=O)c1O. The summed E-state index contributed by atoms with van der Waals surface area (Å²) in [6, 6.07) is 20.3. The lowest BCUT2D eigenvalue weighted by molar-refractivity contribution is -0.119. The number of hydrazone groups is 1. The summed E-state index contributed by atoms with van der Waals surface area (Å²) in [5.74, 6) is 0.626. The molecule has 3 rings (SSSR count). The molecule has 0 unspecified atom stereocenters. The van der Waals surface area contributed by atoms with Crippen LogP contribution in [0, 0.1) is 0 Å². The second-order valence-electron chi connectivity index (χ2n) is 6.87. The maximum absolute atomic E-state index is 12.3. The van der Waals surface area contributed by atoms with Crippen molar-refractivity contribution in [3.05, 3.63) is 78.4 Å². The number of rotatable bonds is 9. The highest BCUT2D eigenvalue weighted by Crippen LogP contribution is 2.28. The fourth-order valence-electron chi connectivity index (χ4n) is 2.85. The third-order valence-corrected chi connectivity index (χ3v) is 5.57. The van der Waals surface area contributed by atoms with Gasteiger partial charge >= 0.3 is 0 Å². The minimum Gasteiger partial charge on any atom is -0.504 e. The molecule has 172 valence electrons. The first-order chi connectivity index (χ1) is 15.8. The molecule has 0 saturated heterocycles. The van der Waals surface area contributed by atoms with Gasteiger partial charge in [0.2, 0.25) is 10.0 Å². The molecule has 0 aliphatic rings. The van der Waals surface area contributed by atoms with Gasteiger partial charge < -0.3 is 14.6 Å². The molecule has 1 amide bonds. The zero-order chi connectivity index (χ0) is 23.8. The molecule has 0 aromatic heterocycles. The number of nitrogens with zero attached hydrogens (tertiary/aromatic N) is 2. The van der Waals surface area contributed by atoms with Crippen LogP contribution in [0.15, 0.2) is 77.9 Å². The van der Waals surface area contributed by atoms with Crippen LogP contribution in [0.4, 0.5) is 5.69 Å². The summed E-state index contributed by atoms with van der Waals surface area (Å²) >= 11 is 0. The van der Waals surface area contributed by atoms with Gasteiger partial charge in [-0.05, 0) is 48.5 Å². The Balaban J connectivity index is 1.68. The summed E-state index contributed by atoms with van der Waals surface area (Å²) in [6.45, 7) is -0.487. The van der Waals surface area contributed by atoms with Crippen molar-refractivity contribution < 1.29 is 27.8 Å². The van der Waals surface area contributed by atoms with Crippen LogP contribution >= 0.6 is 0 Å². The maximum Gasteiger partial charge on any atom is 0.260 e. The Morgan fingerprint density at radius 1 is 1.03 bits per heavy atom. The number of phenols is 1. The standard InChI is InChI=1S/C23H23N3O6S/c1-31-21-10-6-7-17(23(21)28)15-24-25-22(27)16-26(33(2,29)30)18-11-13-20(14-12-18)32-19-8-4-3-5-9-19/h3-15,28H,16H2,1-2H3,(H,25,27)/b24-15-. The molecule has 10 heteroatoms. The number of carbonyl (C=O) groups excluding carboxylic acids is 1. The topological polar surface area (TPSA) is 118 Å². The molecule has 3 aromatic carbocycles. The van der Waals surface area contributed by atoms with Crippen LogP contribution in [0.2, 0.25) is 0 Å². The number of methoxy groups -OCH3 is 1. The molecule has 0 saturated carbocycles. The van der Waals surface area contributed by atoms with E-state index in [1.165, 1.54) is 13.3 Å². The van der Waals surface area contributed by atoms with E-state index < -0.39 is 22.5 Å². The number of hydrogen-bond acceptors (Lipinski definition) is 7. The monoisotopic (exact) mass is 469 g/mol. The summed E-state index contributed by atoms with van der Waals surface area (Å²) in [5, 5.41) is 13.8. The number of hydrogen-bond donors (Lipinski definition) is 2. The molecule has 33 heavy (non-hydrogen) atoms. The van der Waals surface area contributed by atoms with Gasteiger partial charge in [0.05, 0.1) is 25.3 Å². The van der Waals surface area contributed by atoms with Crippen molar-refractivity contribution in [2.75, 3.05) is 24.2 Å². The third-order valence-electron chi connectivity index (χ3n) is 4.43. The van der Waals surface area contributed by atoms with E-state index in [-0.39, 0.29) is 11.5 Å². The highest BCUT2D eigenvalue weighted by molar-refractivity contribution is 7.92. The van der Waals surface area contributed by atoms with E-state index >= 15 is 0 Å². The summed E-state index contributed by atoms with van der Waals surface area (Å²) in [6.07, 6.45) is 2.24. The number of carbonyl (C=O) groups is 1. The Labute approximate surface area is 191 Å². The number of benzene rings is 3. The third kappa shape index (κ3) is 6.47. The highest BCUT2D eigenvalue weighted by Gasteiger charge is 2.21. The molecule has 0 bridgehead atoms. The number of nitrogens with one attached hydrogen (secondary N) is 1. The number of phenolic OH excluding ortho intramolecular Hbond substituents is 1. The predicted octanol–water partition coefficient (Wildman–Crippen LogP) is 3.11. The molecule has 9 nitrogen and oxygen atoms in total. The second-order valence-corrected chi connectivity index (χ2v) is 8.78. The van der Waals surface area contributed by atoms with E-state index in [0.29, 0.717) is 22.7 Å². The number of sulfonamides is 1. The predicted molar refractivity (Wildman–Crippen MR) is 126 cm³/mol. The van der Waals surface area contributed by atoms with Gasteiger partial charge in [-0.1, -0.05) is 24.3 Å². The van der Waals surface area contributed by atoms with Crippen LogP contribution in [0.25, 0.3) is 0 Å². The Hall–Kier alpha value is -4.05. The average molecular weight is 470 g/mol. The quantitative estimate of drug-likeness (QED) is 0.367. The van der Waals surface area contributed by atoms with E-state index in [2.05, 4.69) is 10.5 Å². The summed E-state index contributed by atoms with van der Waals surface area (Å²) in [7, 11) is -2.34. The Morgan fingerprint density at radius 3 is 2.33 bits per heavy atom. The lowest BCUT2D eigenvalue weighted by atomic mass is 10.2. The van der Waals surface area contributed by atoms with Gasteiger partial charge in [-0.15, -0.1) is 0 Å². The lowest BCUT2D eigenvalue weighted by Crippen LogP contribution is -2.39. The molecule has 0 radical (unpaired) electrons. The molecule has 3 aromatic rings. The first kappa shape index (κ1) is 23.6. The largest absolute Gasteiger partial charge is 0.504 e. The normalized spacial score (nSPS) is 11.2. The molecule has 0 fully saturated rings. The van der Waals surface area contributed by atoms with Gasteiger partial charge in [0.1, 0.15) is 18.0 Å². The van der Waals surface area contributed by atoms with Crippen molar-refractivity contribution in [1.29, 1.82) is 0 Å². The maximum atomic E-state index is 12.3. The molecular formula is C23H23N3O6S. The first-order valence-electron chi connectivity index (χ1n) is 9.76. The Kier molecular flexibility index (Phi) is 7.52. The second kappa shape index (κ2) is 10.5. The fraction of sp³-hybridized carbons (Fsp3) is 0.130. The van der Waals surface area contributed by atoms with Gasteiger partial charge in [0.25, 0.3) is 5.91 Å². The van der Waals surface area contributed by atoms with Crippen molar-refractivity contribution in [3.63, 3.8) is 0 Å². The molecule has 0 aliphatic carbocycles. The average Bonchev–Trinajstić information content (AvgIpc) is 2.79. The minimum absolute atomic E-state index is 0.131. The van der Waals surface area contributed by atoms with Crippen molar-refractivity contribution in [3.8, 4) is 23.0 Å². The number of anilines is 1. The van der Waals surface area contributed by atoms with E-state index in [9.17, 15) is 18.3 Å². The van der Waals surface area contributed by atoms with Crippen LogP contribution in [0.1, 0.15) is 5.56 Å². The van der Waals surface area contributed by atoms with E-state index in [0.717, 1.165) is 10.6 Å². The fourth-order valence-corrected chi connectivity index (χ4v) is 3.71. The lowest BCUT2D eigenvalue weighted by Gasteiger charge is -2.21. The van der Waals surface area contributed by atoms with Crippen molar-refractivity contribution in [2.45, 2.75) is 0 Å². The van der Waals surface area contributed by atoms with Crippen LogP contribution < -0.4 is 19.2 Å². The first-order valence-corrected chi connectivity index (χ1v) is 11.6. The number of aromatic hydroxyl groups is 1. The summed E-state index contributed by atoms with van der Waals surface area (Å²) in [5.41, 5.74) is 2.88. The van der Waals surface area contributed by atoms with Crippen molar-refractivity contribution in [2.24, 2.45) is 5.10 Å². The van der Waals surface area contributed by atoms with Gasteiger partial charge in [-0.25, -0.2) is 13.8 Å². The summed E-state index contributed by atoms with van der Waals surface area (Å²) in [4.78, 5) is 12.3. The van der Waals surface area contributed by atoms with Gasteiger partial charge in [-0.2, -0.15) is 5.10 Å². The van der Waals surface area contributed by atoms with Gasteiger partial charge in [-0.3, -0.25) is 9.10 Å². The zero-order valence-electron chi connectivity index (χ0n) is 18.0. The highest BCUT2D eigenvalue weighted by atomic mass is 32.2. The molecular weight excluding hydrogens is 446 g/mol. The molecule has 0 heterocycles. The van der Waals surface area contributed by atoms with E-state index in [4.69, 9.17) is 9.47 Å². The molecule has 2 N–H and O–H groups in total. The number of para-hydroxylation sites is 2. The summed E-state index contributed by atoms with van der Waals surface area (Å²) < 4.78 is 36.2. The molecule has 0 spiro atoms. The smallest absolute Gasteiger partial charge is 0.260 e. The van der Waals surface area contributed by atoms with Crippen molar-refractivity contribution in [1.82, 2.24) is 5.43 Å².